The zero-order valence-electron chi connectivity index (χ0n) is 23.4. The van der Waals surface area contributed by atoms with Gasteiger partial charge in [-0.1, -0.05) is 38.1 Å². The Morgan fingerprint density at radius 2 is 1.90 bits per heavy atom. The van der Waals surface area contributed by atoms with Crippen molar-refractivity contribution in [1.29, 1.82) is 5.26 Å². The third kappa shape index (κ3) is 5.51. The summed E-state index contributed by atoms with van der Waals surface area (Å²) in [6.07, 6.45) is 10.5. The second kappa shape index (κ2) is 10.9. The molecule has 9 nitrogen and oxygen atoms in total. The zero-order chi connectivity index (χ0) is 29.5. The van der Waals surface area contributed by atoms with Crippen LogP contribution in [0.15, 0.2) is 67.4 Å². The van der Waals surface area contributed by atoms with Crippen molar-refractivity contribution in [2.24, 2.45) is 5.41 Å². The molecule has 1 saturated carbocycles. The molecule has 1 aliphatic carbocycles. The lowest BCUT2D eigenvalue weighted by Gasteiger charge is -2.22. The van der Waals surface area contributed by atoms with Gasteiger partial charge < -0.3 is 10.6 Å². The quantitative estimate of drug-likeness (QED) is 0.181. The first-order valence-electron chi connectivity index (χ1n) is 13.6. The van der Waals surface area contributed by atoms with Crippen molar-refractivity contribution >= 4 is 44.9 Å². The lowest BCUT2D eigenvalue weighted by molar-refractivity contribution is 0.443. The van der Waals surface area contributed by atoms with Gasteiger partial charge in [0.05, 0.1) is 40.9 Å². The average molecular weight is 674 g/mol. The molecule has 2 aromatic carbocycles. The number of pyridine rings is 1. The van der Waals surface area contributed by atoms with Crippen LogP contribution in [-0.4, -0.2) is 36.5 Å². The number of nitriles is 1. The molecule has 5 aromatic rings. The molecule has 1 atom stereocenters. The number of hydrogen-bond acceptors (Lipinski definition) is 8. The number of nitrogens with zero attached hydrogens (tertiary/aromatic N) is 7. The maximum Gasteiger partial charge on any atom is 0.123 e. The molecule has 6 rings (SSSR count). The Labute approximate surface area is 256 Å². The number of hydrogen-bond donors (Lipinski definition) is 2. The molecule has 0 radical (unpaired) electrons. The van der Waals surface area contributed by atoms with Crippen LogP contribution in [-0.2, 0) is 5.54 Å². The van der Waals surface area contributed by atoms with Crippen LogP contribution in [0.5, 0.6) is 0 Å². The smallest absolute Gasteiger partial charge is 0.123 e. The predicted octanol–water partition coefficient (Wildman–Crippen LogP) is 6.43. The van der Waals surface area contributed by atoms with Gasteiger partial charge in [-0.15, -0.1) is 5.10 Å². The van der Waals surface area contributed by atoms with E-state index in [1.54, 1.807) is 36.9 Å². The van der Waals surface area contributed by atoms with Crippen LogP contribution in [0.2, 0.25) is 0 Å². The molecule has 3 heterocycles. The SMILES string of the molecule is CC(C)(C)CNc1c(C#N)cnc2c(I)cc(N[C@@H](c3ccc(F)cc3)c3cn(C4(c5cnccn5)CC4)nn3)cc12. The number of halogens is 2. The number of benzene rings is 2. The minimum Gasteiger partial charge on any atom is -0.383 e. The van der Waals surface area contributed by atoms with Gasteiger partial charge in [-0.25, -0.2) is 9.07 Å². The summed E-state index contributed by atoms with van der Waals surface area (Å²) < 4.78 is 16.7. The van der Waals surface area contributed by atoms with Crippen LogP contribution in [0.4, 0.5) is 15.8 Å². The molecule has 0 unspecified atom stereocenters. The van der Waals surface area contributed by atoms with Gasteiger partial charge in [-0.3, -0.25) is 15.0 Å². The Bertz CT molecular complexity index is 1790. The van der Waals surface area contributed by atoms with Crippen LogP contribution in [0.3, 0.4) is 0 Å². The number of rotatable bonds is 8. The highest BCUT2D eigenvalue weighted by molar-refractivity contribution is 14.1. The molecule has 0 amide bonds. The van der Waals surface area contributed by atoms with Gasteiger partial charge in [0.2, 0.25) is 0 Å². The molecule has 0 spiro atoms. The van der Waals surface area contributed by atoms with E-state index in [1.807, 2.05) is 23.0 Å². The van der Waals surface area contributed by atoms with Crippen molar-refractivity contribution in [3.05, 3.63) is 99.3 Å². The first kappa shape index (κ1) is 28.0. The van der Waals surface area contributed by atoms with Crippen molar-refractivity contribution in [1.82, 2.24) is 29.9 Å². The Balaban J connectivity index is 1.41. The van der Waals surface area contributed by atoms with Crippen LogP contribution >= 0.6 is 22.6 Å². The van der Waals surface area contributed by atoms with Gasteiger partial charge in [-0.05, 0) is 70.7 Å². The predicted molar refractivity (Wildman–Crippen MR) is 167 cm³/mol. The van der Waals surface area contributed by atoms with Gasteiger partial charge >= 0.3 is 0 Å². The molecule has 0 bridgehead atoms. The summed E-state index contributed by atoms with van der Waals surface area (Å²) in [5, 5.41) is 26.9. The molecule has 0 aliphatic heterocycles. The summed E-state index contributed by atoms with van der Waals surface area (Å²) in [5.74, 6) is -0.314. The van der Waals surface area contributed by atoms with E-state index in [1.165, 1.54) is 12.1 Å². The molecule has 212 valence electrons. The lowest BCUT2D eigenvalue weighted by Crippen LogP contribution is -2.21. The van der Waals surface area contributed by atoms with Gasteiger partial charge in [0.1, 0.15) is 23.1 Å². The number of nitrogens with one attached hydrogen (secondary N) is 2. The van der Waals surface area contributed by atoms with E-state index in [-0.39, 0.29) is 16.8 Å². The van der Waals surface area contributed by atoms with Crippen LogP contribution in [0, 0.1) is 26.1 Å². The van der Waals surface area contributed by atoms with Gasteiger partial charge in [0, 0.05) is 39.8 Å². The molecule has 2 N–H and O–H groups in total. The standard InChI is InChI=1S/C31H29FIN9/c1-30(2,3)18-38-27-20(14-34)15-37-29-23(27)12-22(13-24(29)33)39-28(19-4-6-21(32)7-5-19)25-17-42(41-40-25)31(8-9-31)26-16-35-10-11-36-26/h4-7,10-13,15-17,28,39H,8-9,18H2,1-3H3,(H,37,38)/t28-/m0/s1. The Kier molecular flexibility index (Phi) is 7.26. The Morgan fingerprint density at radius 1 is 1.12 bits per heavy atom. The molecule has 42 heavy (non-hydrogen) atoms. The van der Waals surface area contributed by atoms with E-state index < -0.39 is 6.04 Å². The van der Waals surface area contributed by atoms with Gasteiger partial charge in [-0.2, -0.15) is 5.26 Å². The van der Waals surface area contributed by atoms with E-state index in [4.69, 9.17) is 0 Å². The maximum atomic E-state index is 13.9. The molecule has 1 fully saturated rings. The average Bonchev–Trinajstić information content (AvgIpc) is 3.64. The monoisotopic (exact) mass is 673 g/mol. The van der Waals surface area contributed by atoms with E-state index in [9.17, 15) is 9.65 Å². The molecule has 1 aliphatic rings. The summed E-state index contributed by atoms with van der Waals surface area (Å²) >= 11 is 2.27. The first-order valence-corrected chi connectivity index (χ1v) is 14.7. The minimum atomic E-state index is -0.427. The normalized spacial score (nSPS) is 14.8. The largest absolute Gasteiger partial charge is 0.383 e. The van der Waals surface area contributed by atoms with E-state index in [0.29, 0.717) is 17.8 Å². The highest BCUT2D eigenvalue weighted by atomic mass is 127. The highest BCUT2D eigenvalue weighted by Gasteiger charge is 2.49. The Morgan fingerprint density at radius 3 is 2.57 bits per heavy atom. The van der Waals surface area contributed by atoms with Crippen LogP contribution < -0.4 is 10.6 Å². The molecular formula is C31H29FIN9. The van der Waals surface area contributed by atoms with Crippen molar-refractivity contribution in [2.75, 3.05) is 17.2 Å². The number of aromatic nitrogens is 6. The summed E-state index contributed by atoms with van der Waals surface area (Å²) in [6.45, 7) is 7.11. The fourth-order valence-electron chi connectivity index (χ4n) is 5.00. The summed E-state index contributed by atoms with van der Waals surface area (Å²) in [5.41, 5.74) is 4.86. The van der Waals surface area contributed by atoms with Crippen molar-refractivity contribution in [3.8, 4) is 6.07 Å². The first-order chi connectivity index (χ1) is 20.2. The van der Waals surface area contributed by atoms with E-state index in [0.717, 1.165) is 49.9 Å². The van der Waals surface area contributed by atoms with Crippen LogP contribution in [0.25, 0.3) is 10.9 Å². The summed E-state index contributed by atoms with van der Waals surface area (Å²) in [4.78, 5) is 13.4. The van der Waals surface area contributed by atoms with Gasteiger partial charge in [0.15, 0.2) is 0 Å². The van der Waals surface area contributed by atoms with Crippen LogP contribution in [0.1, 0.15) is 62.2 Å². The summed E-state index contributed by atoms with van der Waals surface area (Å²) in [7, 11) is 0. The zero-order valence-corrected chi connectivity index (χ0v) is 25.6. The maximum absolute atomic E-state index is 13.9. The number of anilines is 2. The Hall–Kier alpha value is -4.18. The highest BCUT2D eigenvalue weighted by Crippen LogP contribution is 2.48. The molecule has 0 saturated heterocycles. The minimum absolute atomic E-state index is 0.00902. The topological polar surface area (TPSA) is 117 Å². The van der Waals surface area contributed by atoms with Crippen molar-refractivity contribution < 1.29 is 4.39 Å². The van der Waals surface area contributed by atoms with E-state index in [2.05, 4.69) is 85.3 Å². The second-order valence-electron chi connectivity index (χ2n) is 11.8. The molecule has 11 heteroatoms. The van der Waals surface area contributed by atoms with E-state index >= 15 is 0 Å². The third-order valence-electron chi connectivity index (χ3n) is 7.36. The lowest BCUT2D eigenvalue weighted by atomic mass is 9.96. The van der Waals surface area contributed by atoms with Crippen molar-refractivity contribution in [3.63, 3.8) is 0 Å². The second-order valence-corrected chi connectivity index (χ2v) is 12.9. The summed E-state index contributed by atoms with van der Waals surface area (Å²) in [6, 6.07) is 12.3. The fraction of sp³-hybridized carbons (Fsp3) is 0.290. The van der Waals surface area contributed by atoms with Crippen molar-refractivity contribution in [2.45, 2.75) is 45.2 Å². The molecular weight excluding hydrogens is 644 g/mol. The number of fused-ring (bicyclic) bond motifs is 1. The third-order valence-corrected chi connectivity index (χ3v) is 8.19. The van der Waals surface area contributed by atoms with Gasteiger partial charge in [0.25, 0.3) is 0 Å². The molecule has 3 aromatic heterocycles. The fourth-order valence-corrected chi connectivity index (χ4v) is 5.77.